The highest BCUT2D eigenvalue weighted by Gasteiger charge is 2.71. The van der Waals surface area contributed by atoms with Crippen LogP contribution in [-0.2, 0) is 23.9 Å². The number of β-lactam (4-membered cyclic amide) rings is 1. The Labute approximate surface area is 158 Å². The van der Waals surface area contributed by atoms with Crippen molar-refractivity contribution in [3.63, 3.8) is 0 Å². The molecule has 2 aliphatic rings. The number of methoxy groups -OCH3 is 1. The number of carbonyl (C=O) groups is 4. The van der Waals surface area contributed by atoms with E-state index < -0.39 is 34.2 Å². The molecule has 0 bridgehead atoms. The van der Waals surface area contributed by atoms with E-state index >= 15 is 0 Å². The molecule has 1 aromatic heterocycles. The number of fused-ring (bicyclic) bond motifs is 1. The van der Waals surface area contributed by atoms with E-state index in [1.54, 1.807) is 17.5 Å². The van der Waals surface area contributed by atoms with Crippen LogP contribution in [0, 0.1) is 5.41 Å². The molecule has 0 aromatic carbocycles. The molecule has 1 aromatic rings. The van der Waals surface area contributed by atoms with Crippen molar-refractivity contribution >= 4 is 51.7 Å². The first-order chi connectivity index (χ1) is 12.2. The van der Waals surface area contributed by atoms with Crippen molar-refractivity contribution < 1.29 is 29.0 Å². The fraction of sp³-hybridized carbons (Fsp3) is 0.500. The zero-order valence-corrected chi connectivity index (χ0v) is 16.1. The molecule has 0 spiro atoms. The van der Waals surface area contributed by atoms with E-state index in [1.165, 1.54) is 42.1 Å². The number of anilines is 1. The lowest BCUT2D eigenvalue weighted by Gasteiger charge is -2.61. The Balaban J connectivity index is 1.99. The number of ketones is 1. The maximum Gasteiger partial charge on any atom is 0.319 e. The Morgan fingerprint density at radius 2 is 2.08 bits per heavy atom. The molecule has 3 heterocycles. The highest BCUT2D eigenvalue weighted by molar-refractivity contribution is 8.00. The van der Waals surface area contributed by atoms with E-state index in [0.29, 0.717) is 5.00 Å². The van der Waals surface area contributed by atoms with Crippen LogP contribution in [0.4, 0.5) is 5.00 Å². The number of nitrogens with zero attached hydrogens (tertiary/aromatic N) is 2. The average Bonchev–Trinajstić information content (AvgIpc) is 3.11. The van der Waals surface area contributed by atoms with Crippen LogP contribution in [-0.4, -0.2) is 64.1 Å². The van der Waals surface area contributed by atoms with Crippen molar-refractivity contribution in [3.05, 3.63) is 17.5 Å². The minimum Gasteiger partial charge on any atom is -0.480 e. The van der Waals surface area contributed by atoms with Gasteiger partial charge in [-0.3, -0.25) is 24.1 Å². The third-order valence-corrected chi connectivity index (χ3v) is 7.28. The molecule has 3 atom stereocenters. The van der Waals surface area contributed by atoms with Gasteiger partial charge in [0, 0.05) is 26.3 Å². The Hall–Kier alpha value is -1.91. The van der Waals surface area contributed by atoms with Gasteiger partial charge in [-0.1, -0.05) is 0 Å². The van der Waals surface area contributed by atoms with Gasteiger partial charge >= 0.3 is 5.97 Å². The number of amides is 2. The molecule has 0 radical (unpaired) electrons. The van der Waals surface area contributed by atoms with Gasteiger partial charge in [-0.15, -0.1) is 23.1 Å². The van der Waals surface area contributed by atoms with Gasteiger partial charge < -0.3 is 14.7 Å². The summed E-state index contributed by atoms with van der Waals surface area (Å²) in [6.07, 6.45) is 0. The summed E-state index contributed by atoms with van der Waals surface area (Å²) >= 11 is 2.44. The molecular weight excluding hydrogens is 380 g/mol. The Morgan fingerprint density at radius 3 is 2.54 bits per heavy atom. The first-order valence-electron chi connectivity index (χ1n) is 7.79. The smallest absolute Gasteiger partial charge is 0.319 e. The Bertz CT molecular complexity index is 766. The van der Waals surface area contributed by atoms with Gasteiger partial charge in [0.25, 0.3) is 11.6 Å². The molecule has 2 amide bonds. The van der Waals surface area contributed by atoms with Gasteiger partial charge in [0.05, 0.1) is 0 Å². The van der Waals surface area contributed by atoms with Gasteiger partial charge in [0.15, 0.2) is 5.41 Å². The molecule has 2 unspecified atom stereocenters. The first-order valence-corrected chi connectivity index (χ1v) is 9.72. The molecule has 0 aliphatic carbocycles. The summed E-state index contributed by atoms with van der Waals surface area (Å²) in [6, 6.07) is 3.48. The minimum atomic E-state index is -1.64. The lowest BCUT2D eigenvalue weighted by molar-refractivity contribution is -0.193. The number of hydrogen-bond acceptors (Lipinski definition) is 7. The maximum absolute atomic E-state index is 13.0. The quantitative estimate of drug-likeness (QED) is 0.449. The third kappa shape index (κ3) is 2.32. The summed E-state index contributed by atoms with van der Waals surface area (Å²) in [5.74, 6) is -2.62. The summed E-state index contributed by atoms with van der Waals surface area (Å²) in [4.78, 5) is 51.7. The fourth-order valence-corrected chi connectivity index (χ4v) is 5.97. The number of hydrogen-bond donors (Lipinski definition) is 1. The molecule has 2 fully saturated rings. The second-order valence-corrected chi connectivity index (χ2v) is 8.24. The second kappa shape index (κ2) is 6.36. The number of Topliss-reactive ketones (excluding diaryl/α,β-unsaturated/α-hetero) is 1. The predicted molar refractivity (Wildman–Crippen MR) is 95.9 cm³/mol. The summed E-state index contributed by atoms with van der Waals surface area (Å²) in [5, 5.41) is 11.3. The monoisotopic (exact) mass is 398 g/mol. The van der Waals surface area contributed by atoms with Gasteiger partial charge in [-0.25, -0.2) is 0 Å². The molecule has 26 heavy (non-hydrogen) atoms. The van der Waals surface area contributed by atoms with Crippen molar-refractivity contribution in [3.8, 4) is 0 Å². The molecule has 0 saturated carbocycles. The topological polar surface area (TPSA) is 104 Å². The Kier molecular flexibility index (Phi) is 4.62. The zero-order chi connectivity index (χ0) is 19.3. The number of ether oxygens (including phenoxy) is 1. The van der Waals surface area contributed by atoms with E-state index in [2.05, 4.69) is 0 Å². The van der Waals surface area contributed by atoms with Gasteiger partial charge in [0.1, 0.15) is 16.2 Å². The molecule has 10 heteroatoms. The van der Waals surface area contributed by atoms with Crippen molar-refractivity contribution in [2.75, 3.05) is 24.3 Å². The van der Waals surface area contributed by atoms with E-state index in [0.717, 1.165) is 11.8 Å². The lowest BCUT2D eigenvalue weighted by Crippen LogP contribution is -2.83. The van der Waals surface area contributed by atoms with E-state index in [1.807, 2.05) is 0 Å². The maximum atomic E-state index is 13.0. The summed E-state index contributed by atoms with van der Waals surface area (Å²) in [7, 11) is 1.35. The molecular formula is C16H18N2O6S2. The summed E-state index contributed by atoms with van der Waals surface area (Å²) < 4.78 is 5.56. The normalized spacial score (nSPS) is 30.3. The molecule has 8 nitrogen and oxygen atoms in total. The number of thioether (sulfide) groups is 1. The number of carboxylic acids is 1. The first kappa shape index (κ1) is 18.9. The molecule has 2 saturated heterocycles. The van der Waals surface area contributed by atoms with Crippen LogP contribution in [0.2, 0.25) is 0 Å². The fourth-order valence-electron chi connectivity index (χ4n) is 3.41. The summed E-state index contributed by atoms with van der Waals surface area (Å²) in [6.45, 7) is 2.34. The van der Waals surface area contributed by atoms with E-state index in [-0.39, 0.29) is 18.2 Å². The number of carboxylic acid groups (broad SMARTS) is 1. The highest BCUT2D eigenvalue weighted by Crippen LogP contribution is 2.51. The van der Waals surface area contributed by atoms with E-state index in [9.17, 15) is 24.3 Å². The van der Waals surface area contributed by atoms with Crippen LogP contribution < -0.4 is 4.90 Å². The molecule has 2 aliphatic heterocycles. The standard InChI is InChI=1S/C16H18N2O6S2/c1-9(19)15(14(22)23)7-17-12(21)16(24-3,13(17)26-8-15)18(10(2)20)11-5-4-6-25-11/h4-6,13H,7-8H2,1-3H3,(H,22,23)/t13-,15?,16?/m1/s1. The van der Waals surface area contributed by atoms with Gasteiger partial charge in [-0.05, 0) is 24.4 Å². The molecule has 1 N–H and O–H groups in total. The van der Waals surface area contributed by atoms with Crippen LogP contribution in [0.3, 0.4) is 0 Å². The van der Waals surface area contributed by atoms with Crippen LogP contribution in [0.1, 0.15) is 13.8 Å². The number of aliphatic carboxylic acids is 1. The number of rotatable bonds is 5. The van der Waals surface area contributed by atoms with Crippen molar-refractivity contribution in [1.82, 2.24) is 4.90 Å². The van der Waals surface area contributed by atoms with Crippen LogP contribution in [0.15, 0.2) is 17.5 Å². The largest absolute Gasteiger partial charge is 0.480 e. The SMILES string of the molecule is COC1(N(C(C)=O)c2cccs2)C(=O)N2CC(C(C)=O)(C(=O)O)CS[C@@H]21. The van der Waals surface area contributed by atoms with Crippen molar-refractivity contribution in [2.24, 2.45) is 5.41 Å². The molecule has 3 rings (SSSR count). The average molecular weight is 398 g/mol. The zero-order valence-electron chi connectivity index (χ0n) is 14.4. The summed E-state index contributed by atoms with van der Waals surface area (Å²) in [5.41, 5.74) is -3.18. The molecule has 140 valence electrons. The minimum absolute atomic E-state index is 0.00735. The predicted octanol–water partition coefficient (Wildman–Crippen LogP) is 1.02. The van der Waals surface area contributed by atoms with Crippen LogP contribution in [0.5, 0.6) is 0 Å². The van der Waals surface area contributed by atoms with Crippen molar-refractivity contribution in [1.29, 1.82) is 0 Å². The van der Waals surface area contributed by atoms with Crippen LogP contribution >= 0.6 is 23.1 Å². The van der Waals surface area contributed by atoms with Gasteiger partial charge in [-0.2, -0.15) is 0 Å². The number of thiophene rings is 1. The third-order valence-electron chi connectivity index (χ3n) is 4.88. The van der Waals surface area contributed by atoms with Gasteiger partial charge in [0.2, 0.25) is 5.91 Å². The van der Waals surface area contributed by atoms with E-state index in [4.69, 9.17) is 4.74 Å². The highest BCUT2D eigenvalue weighted by atomic mass is 32.2. The Morgan fingerprint density at radius 1 is 1.38 bits per heavy atom. The second-order valence-electron chi connectivity index (χ2n) is 6.25. The number of carbonyl (C=O) groups excluding carboxylic acids is 3. The van der Waals surface area contributed by atoms with Crippen molar-refractivity contribution in [2.45, 2.75) is 24.9 Å². The lowest BCUT2D eigenvalue weighted by atomic mass is 9.82. The van der Waals surface area contributed by atoms with Crippen LogP contribution in [0.25, 0.3) is 0 Å².